The normalized spacial score (nSPS) is 26.4. The van der Waals surface area contributed by atoms with Gasteiger partial charge in [0, 0.05) is 19.1 Å². The third-order valence-corrected chi connectivity index (χ3v) is 4.84. The maximum atomic E-state index is 13.2. The van der Waals surface area contributed by atoms with E-state index in [-0.39, 0.29) is 13.1 Å². The Morgan fingerprint density at radius 3 is 2.38 bits per heavy atom. The number of alkyl carbamates (subject to hydrolysis) is 1. The van der Waals surface area contributed by atoms with Crippen molar-refractivity contribution in [2.45, 2.75) is 69.9 Å². The monoisotopic (exact) mass is 423 g/mol. The van der Waals surface area contributed by atoms with Crippen molar-refractivity contribution in [1.82, 2.24) is 15.1 Å². The van der Waals surface area contributed by atoms with Gasteiger partial charge in [-0.2, -0.15) is 13.2 Å². The summed E-state index contributed by atoms with van der Waals surface area (Å²) in [5, 5.41) is 2.39. The second-order valence-corrected chi connectivity index (χ2v) is 8.35. The molecule has 1 N–H and O–H groups in total. The summed E-state index contributed by atoms with van der Waals surface area (Å²) in [7, 11) is 1.21. The minimum Gasteiger partial charge on any atom is -0.467 e. The van der Waals surface area contributed by atoms with E-state index in [1.165, 1.54) is 12.0 Å². The average Bonchev–Trinajstić information content (AvgIpc) is 2.97. The van der Waals surface area contributed by atoms with Crippen molar-refractivity contribution in [3.63, 3.8) is 0 Å². The fourth-order valence-corrected chi connectivity index (χ4v) is 3.76. The minimum absolute atomic E-state index is 0.0777. The molecule has 2 fully saturated rings. The van der Waals surface area contributed by atoms with E-state index in [4.69, 9.17) is 9.47 Å². The Morgan fingerprint density at radius 2 is 1.83 bits per heavy atom. The molecule has 2 saturated heterocycles. The molecule has 2 aliphatic heterocycles. The van der Waals surface area contributed by atoms with Crippen LogP contribution in [0.15, 0.2) is 0 Å². The molecule has 29 heavy (non-hydrogen) atoms. The van der Waals surface area contributed by atoms with Crippen LogP contribution in [-0.2, 0) is 19.1 Å². The van der Waals surface area contributed by atoms with E-state index in [2.05, 4.69) is 5.32 Å². The van der Waals surface area contributed by atoms with Gasteiger partial charge in [0.05, 0.1) is 13.7 Å². The lowest BCUT2D eigenvalue weighted by atomic mass is 10.1. The highest BCUT2D eigenvalue weighted by Gasteiger charge is 2.46. The van der Waals surface area contributed by atoms with Crippen molar-refractivity contribution in [2.24, 2.45) is 0 Å². The lowest BCUT2D eigenvalue weighted by Crippen LogP contribution is -2.60. The van der Waals surface area contributed by atoms with Crippen LogP contribution in [0.2, 0.25) is 0 Å². The molecule has 2 heterocycles. The van der Waals surface area contributed by atoms with Crippen molar-refractivity contribution < 1.29 is 37.0 Å². The fraction of sp³-hybridized carbons (Fsp3) is 0.833. The number of ether oxygens (including phenoxy) is 2. The summed E-state index contributed by atoms with van der Waals surface area (Å²) >= 11 is 0. The molecule has 3 atom stereocenters. The summed E-state index contributed by atoms with van der Waals surface area (Å²) in [4.78, 5) is 39.9. The summed E-state index contributed by atoms with van der Waals surface area (Å²) in [5.74, 6) is -1.19. The van der Waals surface area contributed by atoms with E-state index < -0.39 is 54.4 Å². The topological polar surface area (TPSA) is 88.2 Å². The lowest BCUT2D eigenvalue weighted by Gasteiger charge is -2.38. The number of hydrogen-bond acceptors (Lipinski definition) is 6. The van der Waals surface area contributed by atoms with Crippen molar-refractivity contribution in [3.8, 4) is 0 Å². The average molecular weight is 423 g/mol. The first-order valence-electron chi connectivity index (χ1n) is 9.49. The second-order valence-electron chi connectivity index (χ2n) is 8.35. The highest BCUT2D eigenvalue weighted by molar-refractivity contribution is 5.90. The fourth-order valence-electron chi connectivity index (χ4n) is 3.76. The van der Waals surface area contributed by atoms with Gasteiger partial charge in [0.15, 0.2) is 0 Å². The molecule has 0 aliphatic carbocycles. The van der Waals surface area contributed by atoms with Crippen LogP contribution in [0.3, 0.4) is 0 Å². The smallest absolute Gasteiger partial charge is 0.408 e. The third kappa shape index (κ3) is 6.48. The Bertz CT molecular complexity index is 635. The van der Waals surface area contributed by atoms with Crippen LogP contribution >= 0.6 is 0 Å². The van der Waals surface area contributed by atoms with Gasteiger partial charge in [-0.1, -0.05) is 0 Å². The van der Waals surface area contributed by atoms with E-state index >= 15 is 0 Å². The number of halogens is 3. The molecule has 2 rings (SSSR count). The second kappa shape index (κ2) is 8.76. The largest absolute Gasteiger partial charge is 0.467 e. The molecule has 0 spiro atoms. The molecule has 0 aromatic rings. The molecule has 0 aromatic heterocycles. The Kier molecular flexibility index (Phi) is 7.02. The van der Waals surface area contributed by atoms with Crippen LogP contribution in [0.25, 0.3) is 0 Å². The highest BCUT2D eigenvalue weighted by Crippen LogP contribution is 2.30. The van der Waals surface area contributed by atoms with Crippen molar-refractivity contribution in [1.29, 1.82) is 0 Å². The Labute approximate surface area is 167 Å². The summed E-state index contributed by atoms with van der Waals surface area (Å²) < 4.78 is 48.8. The number of esters is 1. The number of carbonyl (C=O) groups is 3. The van der Waals surface area contributed by atoms with Crippen LogP contribution < -0.4 is 5.32 Å². The molecule has 2 aliphatic rings. The van der Waals surface area contributed by atoms with Crippen molar-refractivity contribution in [2.75, 3.05) is 26.7 Å². The van der Waals surface area contributed by atoms with E-state index in [1.807, 2.05) is 0 Å². The van der Waals surface area contributed by atoms with Gasteiger partial charge in [-0.05, 0) is 40.0 Å². The number of nitrogens with zero attached hydrogens (tertiary/aromatic N) is 2. The molecule has 0 aromatic carbocycles. The molecule has 166 valence electrons. The van der Waals surface area contributed by atoms with Crippen molar-refractivity contribution in [3.05, 3.63) is 0 Å². The lowest BCUT2D eigenvalue weighted by molar-refractivity contribution is -0.158. The summed E-state index contributed by atoms with van der Waals surface area (Å²) in [6, 6.07) is -2.49. The third-order valence-electron chi connectivity index (χ3n) is 4.84. The van der Waals surface area contributed by atoms with E-state index in [0.29, 0.717) is 19.3 Å². The molecular formula is C18H28F3N3O5. The zero-order valence-corrected chi connectivity index (χ0v) is 17.0. The number of alkyl halides is 3. The van der Waals surface area contributed by atoms with Crippen LogP contribution in [0.4, 0.5) is 18.0 Å². The number of rotatable bonds is 3. The molecule has 0 radical (unpaired) electrons. The van der Waals surface area contributed by atoms with Crippen LogP contribution in [-0.4, -0.2) is 84.4 Å². The molecule has 8 nitrogen and oxygen atoms in total. The van der Waals surface area contributed by atoms with Crippen LogP contribution in [0, 0.1) is 0 Å². The van der Waals surface area contributed by atoms with Gasteiger partial charge in [-0.25, -0.2) is 9.59 Å². The van der Waals surface area contributed by atoms with Gasteiger partial charge >= 0.3 is 18.2 Å². The number of nitrogens with one attached hydrogen (secondary N) is 1. The number of hydrogen-bond donors (Lipinski definition) is 1. The molecule has 0 bridgehead atoms. The van der Waals surface area contributed by atoms with Crippen LogP contribution in [0.5, 0.6) is 0 Å². The standard InChI is InChI=1S/C18H28F3N3O5/c1-17(2,3)29-16(27)22-12-9-23(10-18(19,20)21)8-7-11-5-6-13(15(26)28-4)24(11)14(12)25/h11-13H,5-10H2,1-4H3,(H,22,27)/t11-,12+,13+/m1/s1. The molecule has 11 heteroatoms. The van der Waals surface area contributed by atoms with Gasteiger partial charge in [-0.3, -0.25) is 9.69 Å². The predicted molar refractivity (Wildman–Crippen MR) is 95.9 cm³/mol. The first kappa shape index (κ1) is 23.2. The van der Waals surface area contributed by atoms with Gasteiger partial charge in [0.2, 0.25) is 5.91 Å². The quantitative estimate of drug-likeness (QED) is 0.695. The minimum atomic E-state index is -4.44. The summed E-state index contributed by atoms with van der Waals surface area (Å²) in [5.41, 5.74) is -0.842. The van der Waals surface area contributed by atoms with E-state index in [1.54, 1.807) is 20.8 Å². The predicted octanol–water partition coefficient (Wildman–Crippen LogP) is 1.68. The highest BCUT2D eigenvalue weighted by atomic mass is 19.4. The maximum absolute atomic E-state index is 13.2. The van der Waals surface area contributed by atoms with E-state index in [0.717, 1.165) is 4.90 Å². The Hall–Kier alpha value is -2.04. The number of carbonyl (C=O) groups excluding carboxylic acids is 3. The number of fused-ring (bicyclic) bond motifs is 1. The summed E-state index contributed by atoms with van der Waals surface area (Å²) in [6.07, 6.45) is -4.21. The molecule has 0 saturated carbocycles. The van der Waals surface area contributed by atoms with Crippen molar-refractivity contribution >= 4 is 18.0 Å². The molecule has 2 amide bonds. The number of methoxy groups -OCH3 is 1. The van der Waals surface area contributed by atoms with Gasteiger partial charge < -0.3 is 19.7 Å². The van der Waals surface area contributed by atoms with Gasteiger partial charge in [0.25, 0.3) is 0 Å². The Morgan fingerprint density at radius 1 is 1.17 bits per heavy atom. The number of amides is 2. The van der Waals surface area contributed by atoms with Crippen LogP contribution in [0.1, 0.15) is 40.0 Å². The first-order chi connectivity index (χ1) is 13.3. The molecular weight excluding hydrogens is 395 g/mol. The first-order valence-corrected chi connectivity index (χ1v) is 9.49. The van der Waals surface area contributed by atoms with E-state index in [9.17, 15) is 27.6 Å². The summed E-state index contributed by atoms with van der Waals surface area (Å²) in [6.45, 7) is 3.44. The molecule has 0 unspecified atom stereocenters. The SMILES string of the molecule is COC(=O)[C@@H]1CC[C@@H]2CCN(CC(F)(F)F)C[C@H](NC(=O)OC(C)(C)C)C(=O)N21. The van der Waals surface area contributed by atoms with Gasteiger partial charge in [0.1, 0.15) is 17.7 Å². The zero-order chi connectivity index (χ0) is 22.0. The zero-order valence-electron chi connectivity index (χ0n) is 17.0. The maximum Gasteiger partial charge on any atom is 0.408 e. The van der Waals surface area contributed by atoms with Gasteiger partial charge in [-0.15, -0.1) is 0 Å². The Balaban J connectivity index is 2.26.